The van der Waals surface area contributed by atoms with Crippen LogP contribution in [0.2, 0.25) is 0 Å². The molecule has 0 unspecified atom stereocenters. The van der Waals surface area contributed by atoms with Crippen LogP contribution in [0.5, 0.6) is 11.5 Å². The molecule has 0 amide bonds. The summed E-state index contributed by atoms with van der Waals surface area (Å²) in [7, 11) is 3.15. The molecular formula is C20H18N2O5. The number of pyridine rings is 1. The van der Waals surface area contributed by atoms with Crippen molar-refractivity contribution in [2.45, 2.75) is 6.92 Å². The quantitative estimate of drug-likeness (QED) is 0.747. The number of methoxy groups -OCH3 is 2. The minimum absolute atomic E-state index is 0.0255. The van der Waals surface area contributed by atoms with E-state index >= 15 is 0 Å². The van der Waals surface area contributed by atoms with Gasteiger partial charge in [0.15, 0.2) is 0 Å². The predicted octanol–water partition coefficient (Wildman–Crippen LogP) is 2.89. The lowest BCUT2D eigenvalue weighted by Crippen LogP contribution is -2.20. The Morgan fingerprint density at radius 3 is 2.37 bits per heavy atom. The standard InChI is InChI=1S/C20H18N2O5/c1-12-17(6-4-13-8-15(26-2)10-16(9-13)27-3)21-18-7-5-14(20(24)25)11-22(18)19(12)23/h4-11H,1-3H3,(H,24,25)/b6-4+. The second kappa shape index (κ2) is 7.33. The number of rotatable bonds is 5. The van der Waals surface area contributed by atoms with Gasteiger partial charge in [0.05, 0.1) is 25.5 Å². The summed E-state index contributed by atoms with van der Waals surface area (Å²) in [5.41, 5.74) is 1.84. The van der Waals surface area contributed by atoms with E-state index in [-0.39, 0.29) is 11.1 Å². The Morgan fingerprint density at radius 2 is 1.78 bits per heavy atom. The maximum atomic E-state index is 12.6. The van der Waals surface area contributed by atoms with E-state index in [0.717, 1.165) is 5.56 Å². The summed E-state index contributed by atoms with van der Waals surface area (Å²) in [5.74, 6) is 0.203. The van der Waals surface area contributed by atoms with Crippen molar-refractivity contribution in [1.82, 2.24) is 9.38 Å². The highest BCUT2D eigenvalue weighted by atomic mass is 16.5. The third-order valence-electron chi connectivity index (χ3n) is 4.14. The number of fused-ring (bicyclic) bond motifs is 1. The molecular weight excluding hydrogens is 348 g/mol. The molecule has 0 aliphatic carbocycles. The summed E-state index contributed by atoms with van der Waals surface area (Å²) in [6, 6.07) is 8.36. The molecule has 0 aliphatic heterocycles. The molecule has 0 radical (unpaired) electrons. The third-order valence-corrected chi connectivity index (χ3v) is 4.14. The fraction of sp³-hybridized carbons (Fsp3) is 0.150. The molecule has 1 N–H and O–H groups in total. The molecule has 2 heterocycles. The summed E-state index contributed by atoms with van der Waals surface area (Å²) in [6.45, 7) is 1.65. The third kappa shape index (κ3) is 3.67. The van der Waals surface area contributed by atoms with E-state index in [9.17, 15) is 9.59 Å². The maximum Gasteiger partial charge on any atom is 0.337 e. The number of benzene rings is 1. The molecule has 0 fully saturated rings. The van der Waals surface area contributed by atoms with E-state index in [2.05, 4.69) is 4.98 Å². The van der Waals surface area contributed by atoms with Crippen molar-refractivity contribution in [3.63, 3.8) is 0 Å². The van der Waals surface area contributed by atoms with E-state index < -0.39 is 5.97 Å². The van der Waals surface area contributed by atoms with Crippen molar-refractivity contribution in [3.8, 4) is 11.5 Å². The number of ether oxygens (including phenoxy) is 2. The highest BCUT2D eigenvalue weighted by molar-refractivity contribution is 5.87. The second-order valence-electron chi connectivity index (χ2n) is 5.86. The van der Waals surface area contributed by atoms with Gasteiger partial charge in [-0.3, -0.25) is 9.20 Å². The molecule has 7 nitrogen and oxygen atoms in total. The van der Waals surface area contributed by atoms with E-state index in [1.54, 1.807) is 33.3 Å². The largest absolute Gasteiger partial charge is 0.497 e. The van der Waals surface area contributed by atoms with Crippen LogP contribution in [-0.2, 0) is 0 Å². The van der Waals surface area contributed by atoms with Crippen molar-refractivity contribution in [3.05, 3.63) is 69.3 Å². The van der Waals surface area contributed by atoms with Crippen molar-refractivity contribution in [2.75, 3.05) is 14.2 Å². The highest BCUT2D eigenvalue weighted by Crippen LogP contribution is 2.24. The van der Waals surface area contributed by atoms with E-state index in [1.807, 2.05) is 18.2 Å². The molecule has 0 saturated heterocycles. The minimum atomic E-state index is -1.10. The Bertz CT molecular complexity index is 1090. The number of carboxylic acids is 1. The smallest absolute Gasteiger partial charge is 0.337 e. The van der Waals surface area contributed by atoms with Crippen molar-refractivity contribution < 1.29 is 19.4 Å². The van der Waals surface area contributed by atoms with Crippen LogP contribution in [0.4, 0.5) is 0 Å². The number of aromatic nitrogens is 2. The van der Waals surface area contributed by atoms with Gasteiger partial charge in [-0.1, -0.05) is 6.08 Å². The Balaban J connectivity index is 2.06. The van der Waals surface area contributed by atoms with Crippen LogP contribution >= 0.6 is 0 Å². The molecule has 138 valence electrons. The van der Waals surface area contributed by atoms with Gasteiger partial charge in [0.25, 0.3) is 5.56 Å². The van der Waals surface area contributed by atoms with Gasteiger partial charge in [-0.15, -0.1) is 0 Å². The normalized spacial score (nSPS) is 11.1. The topological polar surface area (TPSA) is 90.1 Å². The van der Waals surface area contributed by atoms with E-state index in [0.29, 0.717) is 28.4 Å². The average molecular weight is 366 g/mol. The number of hydrogen-bond acceptors (Lipinski definition) is 5. The zero-order valence-corrected chi connectivity index (χ0v) is 15.1. The fourth-order valence-corrected chi connectivity index (χ4v) is 2.63. The summed E-state index contributed by atoms with van der Waals surface area (Å²) in [6.07, 6.45) is 4.82. The van der Waals surface area contributed by atoms with Crippen LogP contribution in [0, 0.1) is 6.92 Å². The first-order valence-corrected chi connectivity index (χ1v) is 8.10. The predicted molar refractivity (Wildman–Crippen MR) is 102 cm³/mol. The first-order chi connectivity index (χ1) is 12.9. The summed E-state index contributed by atoms with van der Waals surface area (Å²) in [5, 5.41) is 9.09. The summed E-state index contributed by atoms with van der Waals surface area (Å²) >= 11 is 0. The Hall–Kier alpha value is -3.61. The van der Waals surface area contributed by atoms with Gasteiger partial charge in [-0.2, -0.15) is 0 Å². The lowest BCUT2D eigenvalue weighted by Gasteiger charge is -2.07. The summed E-state index contributed by atoms with van der Waals surface area (Å²) < 4.78 is 11.7. The lowest BCUT2D eigenvalue weighted by molar-refractivity contribution is 0.0696. The van der Waals surface area contributed by atoms with Gasteiger partial charge in [0.1, 0.15) is 17.1 Å². The highest BCUT2D eigenvalue weighted by Gasteiger charge is 2.10. The number of nitrogens with zero attached hydrogens (tertiary/aromatic N) is 2. The van der Waals surface area contributed by atoms with Crippen LogP contribution in [0.1, 0.15) is 27.2 Å². The molecule has 0 saturated carbocycles. The molecule has 1 aromatic carbocycles. The van der Waals surface area contributed by atoms with Crippen LogP contribution < -0.4 is 15.0 Å². The van der Waals surface area contributed by atoms with E-state index in [1.165, 1.54) is 22.7 Å². The first kappa shape index (κ1) is 18.2. The zero-order valence-electron chi connectivity index (χ0n) is 15.1. The van der Waals surface area contributed by atoms with Crippen molar-refractivity contribution in [1.29, 1.82) is 0 Å². The fourth-order valence-electron chi connectivity index (χ4n) is 2.63. The molecule has 0 bridgehead atoms. The van der Waals surface area contributed by atoms with E-state index in [4.69, 9.17) is 14.6 Å². The van der Waals surface area contributed by atoms with Crippen molar-refractivity contribution in [2.24, 2.45) is 0 Å². The molecule has 0 aliphatic rings. The van der Waals surface area contributed by atoms with Gasteiger partial charge < -0.3 is 14.6 Å². The molecule has 7 heteroatoms. The average Bonchev–Trinajstić information content (AvgIpc) is 2.68. The lowest BCUT2D eigenvalue weighted by atomic mass is 10.1. The van der Waals surface area contributed by atoms with Crippen LogP contribution in [0.25, 0.3) is 17.8 Å². The molecule has 0 atom stereocenters. The SMILES string of the molecule is COc1cc(/C=C/c2nc3ccc(C(=O)O)cn3c(=O)c2C)cc(OC)c1. The first-order valence-electron chi connectivity index (χ1n) is 8.10. The van der Waals surface area contributed by atoms with Crippen LogP contribution in [0.15, 0.2) is 41.3 Å². The van der Waals surface area contributed by atoms with Gasteiger partial charge in [0.2, 0.25) is 0 Å². The van der Waals surface area contributed by atoms with Gasteiger partial charge in [0, 0.05) is 17.8 Å². The van der Waals surface area contributed by atoms with Crippen molar-refractivity contribution >= 4 is 23.8 Å². The maximum absolute atomic E-state index is 12.6. The number of carboxylic acid groups (broad SMARTS) is 1. The Morgan fingerprint density at radius 1 is 1.11 bits per heavy atom. The Labute approximate surface area is 155 Å². The van der Waals surface area contributed by atoms with Gasteiger partial charge >= 0.3 is 5.97 Å². The number of carbonyl (C=O) groups is 1. The van der Waals surface area contributed by atoms with Crippen LogP contribution in [-0.4, -0.2) is 34.7 Å². The molecule has 3 aromatic rings. The number of aromatic carboxylic acids is 1. The monoisotopic (exact) mass is 366 g/mol. The zero-order chi connectivity index (χ0) is 19.6. The van der Waals surface area contributed by atoms with Crippen LogP contribution in [0.3, 0.4) is 0 Å². The Kier molecular flexibility index (Phi) is 4.94. The second-order valence-corrected chi connectivity index (χ2v) is 5.86. The molecule has 27 heavy (non-hydrogen) atoms. The molecule has 2 aromatic heterocycles. The molecule has 0 spiro atoms. The minimum Gasteiger partial charge on any atom is -0.497 e. The summed E-state index contributed by atoms with van der Waals surface area (Å²) in [4.78, 5) is 28.2. The number of hydrogen-bond donors (Lipinski definition) is 1. The molecule has 3 rings (SSSR count). The van der Waals surface area contributed by atoms with Gasteiger partial charge in [-0.25, -0.2) is 9.78 Å². The van der Waals surface area contributed by atoms with Gasteiger partial charge in [-0.05, 0) is 42.8 Å².